The van der Waals surface area contributed by atoms with Crippen LogP contribution in [-0.2, 0) is 19.8 Å². The van der Waals surface area contributed by atoms with E-state index in [2.05, 4.69) is 39.8 Å². The predicted octanol–water partition coefficient (Wildman–Crippen LogP) is 3.83. The maximum atomic E-state index is 13.0. The lowest BCUT2D eigenvalue weighted by Gasteiger charge is -2.17. The smallest absolute Gasteiger partial charge is 0.356 e. The Morgan fingerprint density at radius 2 is 2.00 bits per heavy atom. The second-order valence-electron chi connectivity index (χ2n) is 6.30. The van der Waals surface area contributed by atoms with Crippen molar-refractivity contribution >= 4 is 29.9 Å². The van der Waals surface area contributed by atoms with Crippen molar-refractivity contribution in [3.63, 3.8) is 0 Å². The van der Waals surface area contributed by atoms with Crippen molar-refractivity contribution in [2.45, 2.75) is 32.5 Å². The third-order valence-corrected chi connectivity index (χ3v) is 4.03. The zero-order valence-corrected chi connectivity index (χ0v) is 18.1. The standard InChI is InChI=1S/C18H24F3N5.HI/c1-12-6-5-7-14(8-12)13(2)9-23-17(22-3)24-10-15-11-26(4)25-16(15)18(19,20)21;/h5-8,11,13H,9-10H2,1-4H3,(H2,22,23,24);1H. The lowest BCUT2D eigenvalue weighted by molar-refractivity contribution is -0.142. The summed E-state index contributed by atoms with van der Waals surface area (Å²) < 4.78 is 40.1. The van der Waals surface area contributed by atoms with Crippen molar-refractivity contribution in [2.24, 2.45) is 12.0 Å². The molecule has 0 amide bonds. The highest BCUT2D eigenvalue weighted by atomic mass is 127. The molecule has 1 atom stereocenters. The highest BCUT2D eigenvalue weighted by Gasteiger charge is 2.36. The van der Waals surface area contributed by atoms with E-state index in [0.717, 1.165) is 4.68 Å². The molecule has 1 aromatic heterocycles. The van der Waals surface area contributed by atoms with E-state index in [0.29, 0.717) is 12.5 Å². The van der Waals surface area contributed by atoms with Gasteiger partial charge < -0.3 is 10.6 Å². The molecule has 1 unspecified atom stereocenters. The van der Waals surface area contributed by atoms with Crippen LogP contribution < -0.4 is 10.6 Å². The maximum absolute atomic E-state index is 13.0. The Kier molecular flexibility index (Phi) is 8.58. The number of guanidine groups is 1. The molecule has 5 nitrogen and oxygen atoms in total. The van der Waals surface area contributed by atoms with Crippen LogP contribution in [0.3, 0.4) is 0 Å². The summed E-state index contributed by atoms with van der Waals surface area (Å²) in [5.74, 6) is 0.680. The summed E-state index contributed by atoms with van der Waals surface area (Å²) in [5, 5.41) is 9.57. The van der Waals surface area contributed by atoms with Crippen molar-refractivity contribution in [2.75, 3.05) is 13.6 Å². The van der Waals surface area contributed by atoms with Crippen LogP contribution >= 0.6 is 24.0 Å². The molecule has 0 radical (unpaired) electrons. The molecule has 27 heavy (non-hydrogen) atoms. The second-order valence-corrected chi connectivity index (χ2v) is 6.30. The van der Waals surface area contributed by atoms with Gasteiger partial charge in [-0.25, -0.2) is 0 Å². The molecule has 2 rings (SSSR count). The Morgan fingerprint density at radius 3 is 2.59 bits per heavy atom. The Balaban J connectivity index is 0.00000364. The highest BCUT2D eigenvalue weighted by molar-refractivity contribution is 14.0. The zero-order chi connectivity index (χ0) is 19.3. The van der Waals surface area contributed by atoms with Crippen molar-refractivity contribution in [3.8, 4) is 0 Å². The van der Waals surface area contributed by atoms with Gasteiger partial charge in [-0.1, -0.05) is 36.8 Å². The molecular formula is C18H25F3IN5. The summed E-state index contributed by atoms with van der Waals surface area (Å²) in [7, 11) is 3.05. The molecule has 9 heteroatoms. The first kappa shape index (κ1) is 23.3. The van der Waals surface area contributed by atoms with E-state index >= 15 is 0 Å². The van der Waals surface area contributed by atoms with Crippen LogP contribution in [0.2, 0.25) is 0 Å². The van der Waals surface area contributed by atoms with E-state index in [-0.39, 0.29) is 42.0 Å². The molecular weight excluding hydrogens is 470 g/mol. The minimum Gasteiger partial charge on any atom is -0.356 e. The number of rotatable bonds is 5. The van der Waals surface area contributed by atoms with Crippen LogP contribution in [0, 0.1) is 6.92 Å². The molecule has 2 aromatic rings. The van der Waals surface area contributed by atoms with Crippen LogP contribution in [0.1, 0.15) is 35.2 Å². The minimum atomic E-state index is -4.48. The first-order valence-electron chi connectivity index (χ1n) is 8.31. The van der Waals surface area contributed by atoms with Gasteiger partial charge in [0.1, 0.15) is 0 Å². The van der Waals surface area contributed by atoms with Gasteiger partial charge >= 0.3 is 6.18 Å². The molecule has 0 saturated heterocycles. The van der Waals surface area contributed by atoms with Gasteiger partial charge in [-0.2, -0.15) is 18.3 Å². The monoisotopic (exact) mass is 495 g/mol. The third-order valence-electron chi connectivity index (χ3n) is 4.03. The lowest BCUT2D eigenvalue weighted by atomic mass is 9.99. The quantitative estimate of drug-likeness (QED) is 0.377. The van der Waals surface area contributed by atoms with Crippen LogP contribution in [0.15, 0.2) is 35.5 Å². The van der Waals surface area contributed by atoms with Gasteiger partial charge in [0.15, 0.2) is 11.7 Å². The number of hydrogen-bond donors (Lipinski definition) is 2. The molecule has 1 heterocycles. The third kappa shape index (κ3) is 6.71. The van der Waals surface area contributed by atoms with Gasteiger partial charge in [0.25, 0.3) is 0 Å². The van der Waals surface area contributed by atoms with Crippen LogP contribution in [0.4, 0.5) is 13.2 Å². The van der Waals surface area contributed by atoms with E-state index in [1.54, 1.807) is 7.05 Å². The normalized spacial score (nSPS) is 13.1. The van der Waals surface area contributed by atoms with E-state index in [1.165, 1.54) is 24.4 Å². The molecule has 0 aliphatic carbocycles. The first-order valence-corrected chi connectivity index (χ1v) is 8.31. The molecule has 1 aromatic carbocycles. The van der Waals surface area contributed by atoms with Crippen LogP contribution in [-0.4, -0.2) is 29.3 Å². The van der Waals surface area contributed by atoms with Crippen molar-refractivity contribution in [3.05, 3.63) is 52.8 Å². The topological polar surface area (TPSA) is 54.2 Å². The number of aliphatic imine (C=N–C) groups is 1. The highest BCUT2D eigenvalue weighted by Crippen LogP contribution is 2.30. The van der Waals surface area contributed by atoms with Gasteiger partial charge in [-0.15, -0.1) is 24.0 Å². The van der Waals surface area contributed by atoms with Crippen molar-refractivity contribution in [1.82, 2.24) is 20.4 Å². The molecule has 0 aliphatic heterocycles. The number of nitrogens with one attached hydrogen (secondary N) is 2. The Hall–Kier alpha value is -1.78. The van der Waals surface area contributed by atoms with Crippen molar-refractivity contribution in [1.29, 1.82) is 0 Å². The summed E-state index contributed by atoms with van der Waals surface area (Å²) in [6.07, 6.45) is -3.12. The molecule has 0 bridgehead atoms. The number of alkyl halides is 3. The van der Waals surface area contributed by atoms with E-state index in [4.69, 9.17) is 0 Å². The Bertz CT molecular complexity index is 771. The molecule has 150 valence electrons. The molecule has 0 saturated carbocycles. The summed E-state index contributed by atoms with van der Waals surface area (Å²) in [4.78, 5) is 4.07. The summed E-state index contributed by atoms with van der Waals surface area (Å²) in [6.45, 7) is 4.72. The molecule has 0 fully saturated rings. The maximum Gasteiger partial charge on any atom is 0.435 e. The van der Waals surface area contributed by atoms with E-state index in [9.17, 15) is 13.2 Å². The number of benzene rings is 1. The molecule has 0 spiro atoms. The summed E-state index contributed by atoms with van der Waals surface area (Å²) in [5.41, 5.74) is 1.58. The van der Waals surface area contributed by atoms with E-state index in [1.807, 2.05) is 19.1 Å². The fraction of sp³-hybridized carbons (Fsp3) is 0.444. The minimum absolute atomic E-state index is 0. The lowest BCUT2D eigenvalue weighted by Crippen LogP contribution is -2.38. The summed E-state index contributed by atoms with van der Waals surface area (Å²) in [6, 6.07) is 8.22. The number of nitrogens with zero attached hydrogens (tertiary/aromatic N) is 3. The first-order chi connectivity index (χ1) is 12.2. The van der Waals surface area contributed by atoms with E-state index < -0.39 is 11.9 Å². The Morgan fingerprint density at radius 1 is 1.30 bits per heavy atom. The van der Waals surface area contributed by atoms with Gasteiger partial charge in [0, 0.05) is 38.9 Å². The predicted molar refractivity (Wildman–Crippen MR) is 111 cm³/mol. The fourth-order valence-corrected chi connectivity index (χ4v) is 2.65. The summed E-state index contributed by atoms with van der Waals surface area (Å²) >= 11 is 0. The van der Waals surface area contributed by atoms with Gasteiger partial charge in [0.05, 0.1) is 0 Å². The average Bonchev–Trinajstić information content (AvgIpc) is 2.96. The fourth-order valence-electron chi connectivity index (χ4n) is 2.65. The molecule has 2 N–H and O–H groups in total. The van der Waals surface area contributed by atoms with Gasteiger partial charge in [-0.3, -0.25) is 9.67 Å². The number of hydrogen-bond acceptors (Lipinski definition) is 2. The van der Waals surface area contributed by atoms with Gasteiger partial charge in [0.2, 0.25) is 0 Å². The van der Waals surface area contributed by atoms with Crippen LogP contribution in [0.25, 0.3) is 0 Å². The van der Waals surface area contributed by atoms with Crippen molar-refractivity contribution < 1.29 is 13.2 Å². The van der Waals surface area contributed by atoms with Gasteiger partial charge in [-0.05, 0) is 18.4 Å². The Labute approximate surface area is 174 Å². The number of aryl methyl sites for hydroxylation is 2. The SMILES string of the molecule is CN=C(NCc1cn(C)nc1C(F)(F)F)NCC(C)c1cccc(C)c1.I. The average molecular weight is 495 g/mol. The molecule has 0 aliphatic rings. The number of aromatic nitrogens is 2. The second kappa shape index (κ2) is 9.95. The largest absolute Gasteiger partial charge is 0.435 e. The zero-order valence-electron chi connectivity index (χ0n) is 15.8. The van der Waals surface area contributed by atoms with Crippen LogP contribution in [0.5, 0.6) is 0 Å². The number of halogens is 4.